The number of nitrogen functional groups attached to an aromatic ring is 1. The van der Waals surface area contributed by atoms with Crippen molar-refractivity contribution in [3.8, 4) is 5.75 Å². The van der Waals surface area contributed by atoms with Gasteiger partial charge in [-0.25, -0.2) is 0 Å². The zero-order valence-corrected chi connectivity index (χ0v) is 12.5. The highest BCUT2D eigenvalue weighted by molar-refractivity contribution is 7.99. The number of nitrogens with two attached hydrogens (primary N) is 1. The lowest BCUT2D eigenvalue weighted by Gasteiger charge is -2.13. The van der Waals surface area contributed by atoms with Crippen molar-refractivity contribution in [3.05, 3.63) is 18.2 Å². The van der Waals surface area contributed by atoms with E-state index in [0.717, 1.165) is 35.9 Å². The SMILES string of the molecule is CC(C)Oc1cc(N)cc(NCCSCCCO)c1. The Morgan fingerprint density at radius 1 is 1.32 bits per heavy atom. The third-order valence-corrected chi connectivity index (χ3v) is 3.39. The number of aliphatic hydroxyl groups is 1. The average Bonchev–Trinajstić information content (AvgIpc) is 2.32. The summed E-state index contributed by atoms with van der Waals surface area (Å²) in [6.45, 7) is 5.13. The fraction of sp³-hybridized carbons (Fsp3) is 0.571. The molecule has 0 amide bonds. The molecule has 0 spiro atoms. The van der Waals surface area contributed by atoms with Crippen molar-refractivity contribution in [2.75, 3.05) is 35.7 Å². The van der Waals surface area contributed by atoms with Crippen molar-refractivity contribution in [3.63, 3.8) is 0 Å². The van der Waals surface area contributed by atoms with Gasteiger partial charge in [-0.1, -0.05) is 0 Å². The fourth-order valence-corrected chi connectivity index (χ4v) is 2.38. The van der Waals surface area contributed by atoms with E-state index in [-0.39, 0.29) is 12.7 Å². The van der Waals surface area contributed by atoms with E-state index < -0.39 is 0 Å². The van der Waals surface area contributed by atoms with Crippen LogP contribution in [0.4, 0.5) is 11.4 Å². The van der Waals surface area contributed by atoms with Crippen molar-refractivity contribution in [2.45, 2.75) is 26.4 Å². The second kappa shape index (κ2) is 8.93. The first kappa shape index (κ1) is 16.0. The number of ether oxygens (including phenoxy) is 1. The van der Waals surface area contributed by atoms with Gasteiger partial charge in [0.05, 0.1) is 6.10 Å². The third-order valence-electron chi connectivity index (χ3n) is 2.32. The van der Waals surface area contributed by atoms with Gasteiger partial charge in [0.2, 0.25) is 0 Å². The molecule has 0 radical (unpaired) electrons. The van der Waals surface area contributed by atoms with Gasteiger partial charge in [-0.2, -0.15) is 11.8 Å². The molecule has 19 heavy (non-hydrogen) atoms. The Labute approximate surface area is 119 Å². The van der Waals surface area contributed by atoms with Crippen molar-refractivity contribution in [1.29, 1.82) is 0 Å². The van der Waals surface area contributed by atoms with Crippen LogP contribution in [0.2, 0.25) is 0 Å². The molecule has 1 aromatic carbocycles. The smallest absolute Gasteiger partial charge is 0.123 e. The molecule has 5 heteroatoms. The monoisotopic (exact) mass is 284 g/mol. The highest BCUT2D eigenvalue weighted by Crippen LogP contribution is 2.23. The second-order valence-corrected chi connectivity index (χ2v) is 5.80. The Morgan fingerprint density at radius 3 is 2.79 bits per heavy atom. The van der Waals surface area contributed by atoms with Crippen molar-refractivity contribution in [2.24, 2.45) is 0 Å². The Balaban J connectivity index is 2.38. The highest BCUT2D eigenvalue weighted by atomic mass is 32.2. The molecule has 1 rings (SSSR count). The number of anilines is 2. The standard InChI is InChI=1S/C14H24N2O2S/c1-11(2)18-14-9-12(15)8-13(10-14)16-4-7-19-6-3-5-17/h8-11,16-17H,3-7,15H2,1-2H3. The van der Waals surface area contributed by atoms with Gasteiger partial charge in [0.15, 0.2) is 0 Å². The summed E-state index contributed by atoms with van der Waals surface area (Å²) >= 11 is 1.83. The highest BCUT2D eigenvalue weighted by Gasteiger charge is 2.02. The number of aliphatic hydroxyl groups excluding tert-OH is 1. The molecule has 0 aliphatic carbocycles. The van der Waals surface area contributed by atoms with E-state index in [0.29, 0.717) is 5.69 Å². The van der Waals surface area contributed by atoms with Gasteiger partial charge < -0.3 is 20.9 Å². The van der Waals surface area contributed by atoms with Crippen LogP contribution in [0.1, 0.15) is 20.3 Å². The van der Waals surface area contributed by atoms with Crippen LogP contribution in [0.3, 0.4) is 0 Å². The lowest BCUT2D eigenvalue weighted by atomic mass is 10.2. The summed E-state index contributed by atoms with van der Waals surface area (Å²) in [6, 6.07) is 5.71. The first-order valence-corrected chi connectivity index (χ1v) is 7.77. The molecule has 0 heterocycles. The van der Waals surface area contributed by atoms with Crippen LogP contribution in [-0.2, 0) is 0 Å². The first-order valence-electron chi connectivity index (χ1n) is 6.61. The van der Waals surface area contributed by atoms with Crippen LogP contribution in [0, 0.1) is 0 Å². The van der Waals surface area contributed by atoms with E-state index in [2.05, 4.69) is 5.32 Å². The number of hydrogen-bond acceptors (Lipinski definition) is 5. The molecule has 0 fully saturated rings. The van der Waals surface area contributed by atoms with Gasteiger partial charge in [0, 0.05) is 42.4 Å². The van der Waals surface area contributed by atoms with Gasteiger partial charge >= 0.3 is 0 Å². The molecular formula is C14H24N2O2S. The number of nitrogens with one attached hydrogen (secondary N) is 1. The number of benzene rings is 1. The molecule has 1 aromatic rings. The summed E-state index contributed by atoms with van der Waals surface area (Å²) in [5, 5.41) is 12.0. The second-order valence-electron chi connectivity index (χ2n) is 4.57. The number of thioether (sulfide) groups is 1. The van der Waals surface area contributed by atoms with Crippen LogP contribution in [0.25, 0.3) is 0 Å². The van der Waals surface area contributed by atoms with Crippen LogP contribution in [0.15, 0.2) is 18.2 Å². The molecule has 0 aliphatic rings. The lowest BCUT2D eigenvalue weighted by Crippen LogP contribution is -2.08. The van der Waals surface area contributed by atoms with Gasteiger partial charge in [-0.05, 0) is 32.1 Å². The quantitative estimate of drug-likeness (QED) is 0.480. The van der Waals surface area contributed by atoms with E-state index in [9.17, 15) is 0 Å². The Hall–Kier alpha value is -1.07. The molecule has 4 nitrogen and oxygen atoms in total. The maximum Gasteiger partial charge on any atom is 0.123 e. The predicted molar refractivity (Wildman–Crippen MR) is 84.1 cm³/mol. The maximum absolute atomic E-state index is 8.68. The lowest BCUT2D eigenvalue weighted by molar-refractivity contribution is 0.242. The van der Waals surface area contributed by atoms with Gasteiger partial charge in [-0.3, -0.25) is 0 Å². The number of rotatable bonds is 9. The van der Waals surface area contributed by atoms with Crippen LogP contribution in [0.5, 0.6) is 5.75 Å². The molecule has 0 bridgehead atoms. The minimum Gasteiger partial charge on any atom is -0.491 e. The van der Waals surface area contributed by atoms with Crippen LogP contribution < -0.4 is 15.8 Å². The van der Waals surface area contributed by atoms with Gasteiger partial charge in [0.1, 0.15) is 5.75 Å². The molecular weight excluding hydrogens is 260 g/mol. The largest absolute Gasteiger partial charge is 0.491 e. The van der Waals surface area contributed by atoms with E-state index in [1.165, 1.54) is 0 Å². The summed E-state index contributed by atoms with van der Waals surface area (Å²) in [5.74, 6) is 2.80. The minimum atomic E-state index is 0.142. The Bertz CT molecular complexity index is 372. The zero-order valence-electron chi connectivity index (χ0n) is 11.7. The summed E-state index contributed by atoms with van der Waals surface area (Å²) in [6.07, 6.45) is 0.999. The average molecular weight is 284 g/mol. The van der Waals surface area contributed by atoms with E-state index in [4.69, 9.17) is 15.6 Å². The maximum atomic E-state index is 8.68. The Morgan fingerprint density at radius 2 is 2.11 bits per heavy atom. The van der Waals surface area contributed by atoms with Crippen molar-refractivity contribution >= 4 is 23.1 Å². The van der Waals surface area contributed by atoms with Crippen LogP contribution >= 0.6 is 11.8 Å². The zero-order chi connectivity index (χ0) is 14.1. The predicted octanol–water partition coefficient (Wildman–Crippen LogP) is 2.58. The van der Waals surface area contributed by atoms with E-state index >= 15 is 0 Å². The van der Waals surface area contributed by atoms with E-state index in [1.807, 2.05) is 43.8 Å². The first-order chi connectivity index (χ1) is 9.11. The molecule has 108 valence electrons. The summed E-state index contributed by atoms with van der Waals surface area (Å²) in [5.41, 5.74) is 7.54. The molecule has 0 aromatic heterocycles. The molecule has 0 unspecified atom stereocenters. The van der Waals surface area contributed by atoms with Crippen molar-refractivity contribution in [1.82, 2.24) is 0 Å². The van der Waals surface area contributed by atoms with Gasteiger partial charge in [0.25, 0.3) is 0 Å². The molecule has 4 N–H and O–H groups in total. The van der Waals surface area contributed by atoms with Crippen molar-refractivity contribution < 1.29 is 9.84 Å². The summed E-state index contributed by atoms with van der Waals surface area (Å²) in [7, 11) is 0. The minimum absolute atomic E-state index is 0.142. The van der Waals surface area contributed by atoms with Crippen LogP contribution in [-0.4, -0.2) is 35.9 Å². The molecule has 0 saturated carbocycles. The topological polar surface area (TPSA) is 67.5 Å². The Kier molecular flexibility index (Phi) is 7.52. The summed E-state index contributed by atoms with van der Waals surface area (Å²) < 4.78 is 5.64. The van der Waals surface area contributed by atoms with Gasteiger partial charge in [-0.15, -0.1) is 0 Å². The molecule has 0 aliphatic heterocycles. The molecule has 0 saturated heterocycles. The normalized spacial score (nSPS) is 10.7. The number of hydrogen-bond donors (Lipinski definition) is 3. The molecule has 0 atom stereocenters. The third kappa shape index (κ3) is 7.18. The fourth-order valence-electron chi connectivity index (χ4n) is 1.60. The summed E-state index contributed by atoms with van der Waals surface area (Å²) in [4.78, 5) is 0. The van der Waals surface area contributed by atoms with E-state index in [1.54, 1.807) is 0 Å².